The minimum atomic E-state index is -0.605. The Morgan fingerprint density at radius 1 is 1.36 bits per heavy atom. The average molecular weight is 382 g/mol. The normalized spacial score (nSPS) is 17.0. The SMILES string of the molecule is CN(C)c1cccc(CN2CC[C@@H](Nc3cnc(/C=C/C(=O)NO)cn3)C2)c1. The minimum absolute atomic E-state index is 0.327. The van der Waals surface area contributed by atoms with Gasteiger partial charge in [0.05, 0.1) is 18.1 Å². The number of amides is 1. The Hall–Kier alpha value is -2.97. The number of hydrogen-bond donors (Lipinski definition) is 3. The molecule has 2 heterocycles. The molecule has 8 heteroatoms. The minimum Gasteiger partial charge on any atom is -0.378 e. The lowest BCUT2D eigenvalue weighted by Crippen LogP contribution is -2.26. The molecule has 1 saturated heterocycles. The maximum Gasteiger partial charge on any atom is 0.267 e. The molecule has 1 aromatic heterocycles. The van der Waals surface area contributed by atoms with Gasteiger partial charge in [-0.3, -0.25) is 19.9 Å². The van der Waals surface area contributed by atoms with E-state index in [0.29, 0.717) is 17.6 Å². The molecule has 0 saturated carbocycles. The molecule has 1 aliphatic heterocycles. The molecule has 1 aliphatic rings. The van der Waals surface area contributed by atoms with Crippen LogP contribution in [0.1, 0.15) is 17.7 Å². The first-order valence-corrected chi connectivity index (χ1v) is 9.23. The van der Waals surface area contributed by atoms with Gasteiger partial charge in [-0.1, -0.05) is 12.1 Å². The van der Waals surface area contributed by atoms with Crippen molar-refractivity contribution in [3.63, 3.8) is 0 Å². The molecule has 1 fully saturated rings. The van der Waals surface area contributed by atoms with Crippen LogP contribution in [-0.2, 0) is 11.3 Å². The van der Waals surface area contributed by atoms with Crippen LogP contribution in [0.25, 0.3) is 6.08 Å². The van der Waals surface area contributed by atoms with Crippen LogP contribution in [0.4, 0.5) is 11.5 Å². The number of aromatic nitrogens is 2. The Morgan fingerprint density at radius 3 is 2.93 bits per heavy atom. The summed E-state index contributed by atoms with van der Waals surface area (Å²) in [6.07, 6.45) is 6.97. The van der Waals surface area contributed by atoms with Gasteiger partial charge in [-0.25, -0.2) is 10.5 Å². The zero-order valence-corrected chi connectivity index (χ0v) is 16.2. The number of carbonyl (C=O) groups is 1. The lowest BCUT2D eigenvalue weighted by molar-refractivity contribution is -0.124. The number of nitrogens with zero attached hydrogens (tertiary/aromatic N) is 4. The van der Waals surface area contributed by atoms with Gasteiger partial charge in [-0.2, -0.15) is 0 Å². The summed E-state index contributed by atoms with van der Waals surface area (Å²) < 4.78 is 0. The second kappa shape index (κ2) is 9.29. The highest BCUT2D eigenvalue weighted by Gasteiger charge is 2.22. The summed E-state index contributed by atoms with van der Waals surface area (Å²) in [5.41, 5.74) is 4.61. The third-order valence-corrected chi connectivity index (χ3v) is 4.64. The number of nitrogens with one attached hydrogen (secondary N) is 2. The maximum absolute atomic E-state index is 11.0. The van der Waals surface area contributed by atoms with Crippen LogP contribution in [0.2, 0.25) is 0 Å². The molecule has 0 radical (unpaired) electrons. The van der Waals surface area contributed by atoms with Crippen molar-refractivity contribution in [1.29, 1.82) is 0 Å². The first kappa shape index (κ1) is 19.8. The van der Waals surface area contributed by atoms with Crippen LogP contribution in [-0.4, -0.2) is 59.2 Å². The molecule has 1 atom stereocenters. The highest BCUT2D eigenvalue weighted by Crippen LogP contribution is 2.19. The van der Waals surface area contributed by atoms with Gasteiger partial charge in [-0.15, -0.1) is 0 Å². The van der Waals surface area contributed by atoms with E-state index in [0.717, 1.165) is 26.1 Å². The predicted octanol–water partition coefficient (Wildman–Crippen LogP) is 1.75. The number of carbonyl (C=O) groups excluding carboxylic acids is 1. The van der Waals surface area contributed by atoms with Gasteiger partial charge in [-0.05, 0) is 30.2 Å². The maximum atomic E-state index is 11.0. The van der Waals surface area contributed by atoms with Crippen molar-refractivity contribution in [2.45, 2.75) is 19.0 Å². The van der Waals surface area contributed by atoms with E-state index in [-0.39, 0.29) is 0 Å². The summed E-state index contributed by atoms with van der Waals surface area (Å²) in [6, 6.07) is 8.95. The van der Waals surface area contributed by atoms with E-state index in [1.165, 1.54) is 28.9 Å². The van der Waals surface area contributed by atoms with E-state index in [1.54, 1.807) is 12.4 Å². The van der Waals surface area contributed by atoms with Crippen molar-refractivity contribution < 1.29 is 10.0 Å². The van der Waals surface area contributed by atoms with Crippen molar-refractivity contribution in [2.24, 2.45) is 0 Å². The Morgan fingerprint density at radius 2 is 2.21 bits per heavy atom. The molecule has 148 valence electrons. The number of benzene rings is 1. The number of rotatable bonds is 7. The van der Waals surface area contributed by atoms with E-state index < -0.39 is 5.91 Å². The zero-order chi connectivity index (χ0) is 19.9. The molecule has 1 aromatic carbocycles. The topological polar surface area (TPSA) is 93.6 Å². The van der Waals surface area contributed by atoms with E-state index in [2.05, 4.69) is 63.4 Å². The van der Waals surface area contributed by atoms with Crippen molar-refractivity contribution in [2.75, 3.05) is 37.4 Å². The Kier molecular flexibility index (Phi) is 6.57. The zero-order valence-electron chi connectivity index (χ0n) is 16.2. The quantitative estimate of drug-likeness (QED) is 0.382. The number of likely N-dealkylation sites (tertiary alicyclic amines) is 1. The van der Waals surface area contributed by atoms with Crippen LogP contribution >= 0.6 is 0 Å². The third-order valence-electron chi connectivity index (χ3n) is 4.64. The Bertz CT molecular complexity index is 822. The molecule has 0 unspecified atom stereocenters. The van der Waals surface area contributed by atoms with Gasteiger partial charge in [0.2, 0.25) is 0 Å². The predicted molar refractivity (Wildman–Crippen MR) is 109 cm³/mol. The molecule has 28 heavy (non-hydrogen) atoms. The lowest BCUT2D eigenvalue weighted by Gasteiger charge is -2.19. The van der Waals surface area contributed by atoms with Gasteiger partial charge in [0.25, 0.3) is 5.91 Å². The Balaban J connectivity index is 1.51. The summed E-state index contributed by atoms with van der Waals surface area (Å²) in [4.78, 5) is 24.1. The van der Waals surface area contributed by atoms with Gasteiger partial charge in [0.15, 0.2) is 0 Å². The smallest absolute Gasteiger partial charge is 0.267 e. The van der Waals surface area contributed by atoms with E-state index in [1.807, 2.05) is 0 Å². The number of anilines is 2. The van der Waals surface area contributed by atoms with Crippen LogP contribution in [0.3, 0.4) is 0 Å². The van der Waals surface area contributed by atoms with Crippen LogP contribution in [0, 0.1) is 0 Å². The molecule has 8 nitrogen and oxygen atoms in total. The molecular formula is C20H26N6O2. The summed E-state index contributed by atoms with van der Waals surface area (Å²) in [5.74, 6) is 0.108. The first-order valence-electron chi connectivity index (χ1n) is 9.23. The summed E-state index contributed by atoms with van der Waals surface area (Å²) >= 11 is 0. The van der Waals surface area contributed by atoms with Crippen LogP contribution in [0.5, 0.6) is 0 Å². The monoisotopic (exact) mass is 382 g/mol. The molecule has 3 rings (SSSR count). The third kappa shape index (κ3) is 5.51. The fourth-order valence-electron chi connectivity index (χ4n) is 3.19. The molecular weight excluding hydrogens is 356 g/mol. The van der Waals surface area contributed by atoms with Gasteiger partial charge < -0.3 is 10.2 Å². The highest BCUT2D eigenvalue weighted by molar-refractivity contribution is 5.90. The molecule has 0 spiro atoms. The van der Waals surface area contributed by atoms with Crippen molar-refractivity contribution in [3.05, 3.63) is 54.0 Å². The van der Waals surface area contributed by atoms with Crippen molar-refractivity contribution in [3.8, 4) is 0 Å². The van der Waals surface area contributed by atoms with Gasteiger partial charge >= 0.3 is 0 Å². The molecule has 2 aromatic rings. The molecule has 0 aliphatic carbocycles. The standard InChI is InChI=1S/C20H26N6O2/c1-25(2)18-5-3-4-15(10-18)13-26-9-8-17(14-26)23-19-12-21-16(11-22-19)6-7-20(27)24-28/h3-7,10-12,17,28H,8-9,13-14H2,1-2H3,(H,22,23)(H,24,27)/b7-6+/t17-/m1/s1. The second-order valence-electron chi connectivity index (χ2n) is 7.07. The van der Waals surface area contributed by atoms with Crippen molar-refractivity contribution >= 4 is 23.5 Å². The summed E-state index contributed by atoms with van der Waals surface area (Å²) in [5, 5.41) is 11.9. The second-order valence-corrected chi connectivity index (χ2v) is 7.07. The van der Waals surface area contributed by atoms with Crippen molar-refractivity contribution in [1.82, 2.24) is 20.3 Å². The van der Waals surface area contributed by atoms with E-state index in [4.69, 9.17) is 5.21 Å². The first-order chi connectivity index (χ1) is 13.5. The van der Waals surface area contributed by atoms with Crippen LogP contribution in [0.15, 0.2) is 42.7 Å². The van der Waals surface area contributed by atoms with Gasteiger partial charge in [0.1, 0.15) is 5.82 Å². The van der Waals surface area contributed by atoms with Crippen LogP contribution < -0.4 is 15.7 Å². The average Bonchev–Trinajstić information content (AvgIpc) is 3.14. The summed E-state index contributed by atoms with van der Waals surface area (Å²) in [7, 11) is 4.11. The summed E-state index contributed by atoms with van der Waals surface area (Å²) in [6.45, 7) is 2.92. The number of hydrogen-bond acceptors (Lipinski definition) is 7. The molecule has 0 bridgehead atoms. The highest BCUT2D eigenvalue weighted by atomic mass is 16.5. The van der Waals surface area contributed by atoms with E-state index in [9.17, 15) is 4.79 Å². The molecule has 3 N–H and O–H groups in total. The molecule has 1 amide bonds. The van der Waals surface area contributed by atoms with E-state index >= 15 is 0 Å². The largest absolute Gasteiger partial charge is 0.378 e. The fraction of sp³-hybridized carbons (Fsp3) is 0.350. The lowest BCUT2D eigenvalue weighted by atomic mass is 10.2. The fourth-order valence-corrected chi connectivity index (χ4v) is 3.19. The Labute approximate surface area is 164 Å². The number of hydroxylamine groups is 1. The van der Waals surface area contributed by atoms with Gasteiger partial charge in [0, 0.05) is 51.5 Å².